The summed E-state index contributed by atoms with van der Waals surface area (Å²) < 4.78 is 40.6. The fourth-order valence-electron chi connectivity index (χ4n) is 2.41. The van der Waals surface area contributed by atoms with E-state index in [2.05, 4.69) is 25.0 Å². The molecule has 0 amide bonds. The number of halogens is 3. The minimum Gasteiger partial charge on any atom is -0.508 e. The van der Waals surface area contributed by atoms with Crippen molar-refractivity contribution in [2.24, 2.45) is 4.99 Å². The van der Waals surface area contributed by atoms with Gasteiger partial charge in [-0.1, -0.05) is 12.1 Å². The van der Waals surface area contributed by atoms with E-state index >= 15 is 0 Å². The summed E-state index contributed by atoms with van der Waals surface area (Å²) in [7, 11) is 0. The predicted molar refractivity (Wildman–Crippen MR) is 102 cm³/mol. The highest BCUT2D eigenvalue weighted by molar-refractivity contribution is 5.92. The molecule has 10 heteroatoms. The minimum absolute atomic E-state index is 0.139. The fourth-order valence-corrected chi connectivity index (χ4v) is 2.41. The molecular weight excluding hydrogens is 387 g/mol. The quantitative estimate of drug-likeness (QED) is 0.537. The molecule has 0 fully saturated rings. The molecule has 3 aromatic rings. The van der Waals surface area contributed by atoms with Gasteiger partial charge < -0.3 is 20.9 Å². The fraction of sp³-hybridized carbons (Fsp3) is 0.105. The molecule has 0 unspecified atom stereocenters. The van der Waals surface area contributed by atoms with Gasteiger partial charge >= 0.3 is 6.36 Å². The number of aromatic nitrogens is 2. The number of rotatable bonds is 6. The van der Waals surface area contributed by atoms with Crippen molar-refractivity contribution >= 4 is 23.5 Å². The lowest BCUT2D eigenvalue weighted by molar-refractivity contribution is -0.274. The zero-order valence-electron chi connectivity index (χ0n) is 14.9. The maximum Gasteiger partial charge on any atom is 0.573 e. The number of nitrogens with two attached hydrogens (primary N) is 1. The van der Waals surface area contributed by atoms with Crippen LogP contribution in [0.25, 0.3) is 0 Å². The highest BCUT2D eigenvalue weighted by Gasteiger charge is 2.30. The molecule has 0 aliphatic carbocycles. The van der Waals surface area contributed by atoms with Crippen LogP contribution in [0.4, 0.5) is 30.5 Å². The lowest BCUT2D eigenvalue weighted by Crippen LogP contribution is -2.17. The molecule has 29 heavy (non-hydrogen) atoms. The number of nitrogens with zero attached hydrogens (tertiary/aromatic N) is 3. The SMILES string of the molecule is Nc1ncnc(Nc2ccc(OC(F)(F)F)cc2)c1C=NCc1cccc(O)c1. The van der Waals surface area contributed by atoms with E-state index in [4.69, 9.17) is 5.73 Å². The number of hydrogen-bond donors (Lipinski definition) is 3. The van der Waals surface area contributed by atoms with E-state index < -0.39 is 6.36 Å². The van der Waals surface area contributed by atoms with E-state index in [1.807, 2.05) is 6.07 Å². The number of hydrogen-bond acceptors (Lipinski definition) is 7. The lowest BCUT2D eigenvalue weighted by Gasteiger charge is -2.11. The first-order valence-corrected chi connectivity index (χ1v) is 8.31. The molecule has 0 saturated carbocycles. The second-order valence-corrected chi connectivity index (χ2v) is 5.86. The monoisotopic (exact) mass is 403 g/mol. The topological polar surface area (TPSA) is 106 Å². The Bertz CT molecular complexity index is 1010. The van der Waals surface area contributed by atoms with Gasteiger partial charge in [0.2, 0.25) is 0 Å². The molecule has 0 aliphatic heterocycles. The van der Waals surface area contributed by atoms with Gasteiger partial charge in [0.15, 0.2) is 0 Å². The number of alkyl halides is 3. The van der Waals surface area contributed by atoms with Crippen molar-refractivity contribution in [2.45, 2.75) is 12.9 Å². The average Bonchev–Trinajstić information content (AvgIpc) is 2.64. The molecule has 2 aromatic carbocycles. The highest BCUT2D eigenvalue weighted by Crippen LogP contribution is 2.26. The smallest absolute Gasteiger partial charge is 0.508 e. The Kier molecular flexibility index (Phi) is 5.82. The standard InChI is InChI=1S/C19H16F3N5O2/c20-19(21,22)29-15-6-4-13(5-7-15)27-18-16(17(23)25-11-26-18)10-24-9-12-2-1-3-14(28)8-12/h1-8,10-11,28H,9H2,(H3,23,25,26,27). The minimum atomic E-state index is -4.75. The summed E-state index contributed by atoms with van der Waals surface area (Å²) in [4.78, 5) is 12.3. The second-order valence-electron chi connectivity index (χ2n) is 5.86. The Labute approximate surface area is 163 Å². The van der Waals surface area contributed by atoms with Crippen LogP contribution in [0, 0.1) is 0 Å². The first-order chi connectivity index (χ1) is 13.8. The van der Waals surface area contributed by atoms with Crippen LogP contribution < -0.4 is 15.8 Å². The van der Waals surface area contributed by atoms with Crippen molar-refractivity contribution in [3.8, 4) is 11.5 Å². The van der Waals surface area contributed by atoms with Crippen molar-refractivity contribution in [3.63, 3.8) is 0 Å². The summed E-state index contributed by atoms with van der Waals surface area (Å²) in [5.41, 5.74) is 7.59. The van der Waals surface area contributed by atoms with E-state index in [0.717, 1.165) is 5.56 Å². The zero-order valence-corrected chi connectivity index (χ0v) is 14.9. The number of benzene rings is 2. The summed E-state index contributed by atoms with van der Waals surface area (Å²) in [5, 5.41) is 12.5. The van der Waals surface area contributed by atoms with Gasteiger partial charge in [0.1, 0.15) is 29.5 Å². The van der Waals surface area contributed by atoms with E-state index in [0.29, 0.717) is 23.6 Å². The number of ether oxygens (including phenoxy) is 1. The van der Waals surface area contributed by atoms with Gasteiger partial charge in [0, 0.05) is 11.9 Å². The van der Waals surface area contributed by atoms with Crippen LogP contribution in [-0.2, 0) is 6.54 Å². The molecule has 0 radical (unpaired) electrons. The first-order valence-electron chi connectivity index (χ1n) is 8.31. The Hall–Kier alpha value is -3.82. The molecule has 0 spiro atoms. The van der Waals surface area contributed by atoms with Crippen LogP contribution in [0.1, 0.15) is 11.1 Å². The Morgan fingerprint density at radius 1 is 1.14 bits per heavy atom. The van der Waals surface area contributed by atoms with Gasteiger partial charge in [-0.3, -0.25) is 4.99 Å². The molecule has 0 saturated heterocycles. The summed E-state index contributed by atoms with van der Waals surface area (Å²) in [6, 6.07) is 11.8. The normalized spacial score (nSPS) is 11.6. The van der Waals surface area contributed by atoms with Gasteiger partial charge in [-0.05, 0) is 42.0 Å². The third-order valence-electron chi connectivity index (χ3n) is 3.67. The van der Waals surface area contributed by atoms with Crippen molar-refractivity contribution in [1.29, 1.82) is 0 Å². The van der Waals surface area contributed by atoms with Crippen LogP contribution >= 0.6 is 0 Å². The molecule has 7 nitrogen and oxygen atoms in total. The van der Waals surface area contributed by atoms with Crippen molar-refractivity contribution < 1.29 is 23.0 Å². The zero-order chi connectivity index (χ0) is 20.9. The first kappa shape index (κ1) is 19.9. The predicted octanol–water partition coefficient (Wildman–Crippen LogP) is 4.03. The molecule has 0 bridgehead atoms. The molecule has 0 atom stereocenters. The van der Waals surface area contributed by atoms with E-state index in [9.17, 15) is 18.3 Å². The molecule has 150 valence electrons. The summed E-state index contributed by atoms with van der Waals surface area (Å²) in [6.07, 6.45) is -2.01. The molecular formula is C19H16F3N5O2. The summed E-state index contributed by atoms with van der Waals surface area (Å²) >= 11 is 0. The maximum absolute atomic E-state index is 12.3. The number of aromatic hydroxyl groups is 1. The average molecular weight is 403 g/mol. The van der Waals surface area contributed by atoms with E-state index in [-0.39, 0.29) is 17.3 Å². The number of phenols is 1. The van der Waals surface area contributed by atoms with Gasteiger partial charge in [-0.25, -0.2) is 9.97 Å². The summed E-state index contributed by atoms with van der Waals surface area (Å²) in [5.74, 6) is 0.319. The number of nitrogen functional groups attached to an aromatic ring is 1. The van der Waals surface area contributed by atoms with Crippen molar-refractivity contribution in [3.05, 3.63) is 66.0 Å². The third kappa shape index (κ3) is 5.83. The van der Waals surface area contributed by atoms with Gasteiger partial charge in [-0.15, -0.1) is 13.2 Å². The largest absolute Gasteiger partial charge is 0.573 e. The second kappa shape index (κ2) is 8.46. The Morgan fingerprint density at radius 3 is 2.59 bits per heavy atom. The van der Waals surface area contributed by atoms with Gasteiger partial charge in [0.25, 0.3) is 0 Å². The van der Waals surface area contributed by atoms with Crippen LogP contribution in [-0.4, -0.2) is 27.7 Å². The van der Waals surface area contributed by atoms with E-state index in [1.165, 1.54) is 36.8 Å². The molecule has 1 aromatic heterocycles. The van der Waals surface area contributed by atoms with Crippen LogP contribution in [0.15, 0.2) is 59.9 Å². The van der Waals surface area contributed by atoms with Crippen LogP contribution in [0.3, 0.4) is 0 Å². The van der Waals surface area contributed by atoms with Gasteiger partial charge in [0.05, 0.1) is 12.1 Å². The molecule has 0 aliphatic rings. The van der Waals surface area contributed by atoms with Crippen molar-refractivity contribution in [1.82, 2.24) is 9.97 Å². The molecule has 4 N–H and O–H groups in total. The number of aliphatic imine (C=N–C) groups is 1. The number of phenolic OH excluding ortho intramolecular Hbond substituents is 1. The lowest BCUT2D eigenvalue weighted by atomic mass is 10.2. The van der Waals surface area contributed by atoms with Crippen LogP contribution in [0.5, 0.6) is 11.5 Å². The number of nitrogens with one attached hydrogen (secondary N) is 1. The molecule has 1 heterocycles. The van der Waals surface area contributed by atoms with Crippen LogP contribution in [0.2, 0.25) is 0 Å². The summed E-state index contributed by atoms with van der Waals surface area (Å²) in [6.45, 7) is 0.297. The molecule has 3 rings (SSSR count). The Balaban J connectivity index is 1.75. The number of anilines is 3. The Morgan fingerprint density at radius 2 is 1.90 bits per heavy atom. The highest BCUT2D eigenvalue weighted by atomic mass is 19.4. The van der Waals surface area contributed by atoms with E-state index in [1.54, 1.807) is 18.2 Å². The third-order valence-corrected chi connectivity index (χ3v) is 3.67. The van der Waals surface area contributed by atoms with Gasteiger partial charge in [-0.2, -0.15) is 0 Å². The maximum atomic E-state index is 12.3. The van der Waals surface area contributed by atoms with Crippen molar-refractivity contribution in [2.75, 3.05) is 11.1 Å².